The summed E-state index contributed by atoms with van der Waals surface area (Å²) in [5.41, 5.74) is 0.151. The lowest BCUT2D eigenvalue weighted by Crippen LogP contribution is -1.94. The number of hydrogen-bond donors (Lipinski definition) is 0. The van der Waals surface area contributed by atoms with E-state index < -0.39 is 4.92 Å². The monoisotopic (exact) mass is 171 g/mol. The molecule has 0 saturated heterocycles. The van der Waals surface area contributed by atoms with Gasteiger partial charge in [-0.3, -0.25) is 10.1 Å². The smallest absolute Gasteiger partial charge is 0.239 e. The van der Waals surface area contributed by atoms with E-state index in [9.17, 15) is 14.9 Å². The Balaban J connectivity index is 3.60. The minimum Gasteiger partial charge on any atom is -0.300 e. The van der Waals surface area contributed by atoms with Crippen molar-refractivity contribution in [3.63, 3.8) is 0 Å². The number of hydrogen-bond acceptors (Lipinski definition) is 3. The van der Waals surface area contributed by atoms with Crippen molar-refractivity contribution in [1.82, 2.24) is 0 Å². The summed E-state index contributed by atoms with van der Waals surface area (Å²) in [6.45, 7) is 2.97. The largest absolute Gasteiger partial charge is 0.300 e. The minimum absolute atomic E-state index is 0.127. The van der Waals surface area contributed by atoms with Crippen LogP contribution in [0.3, 0.4) is 0 Å². The normalized spacial score (nSPS) is 11.3. The Labute approximate surface area is 71.4 Å². The van der Waals surface area contributed by atoms with Crippen LogP contribution >= 0.6 is 0 Å². The van der Waals surface area contributed by atoms with E-state index in [1.165, 1.54) is 13.8 Å². The third kappa shape index (κ3) is 5.58. The van der Waals surface area contributed by atoms with Gasteiger partial charge in [0.25, 0.3) is 0 Å². The van der Waals surface area contributed by atoms with E-state index in [2.05, 4.69) is 0 Å². The van der Waals surface area contributed by atoms with Crippen molar-refractivity contribution in [2.75, 3.05) is 0 Å². The van der Waals surface area contributed by atoms with E-state index in [1.807, 2.05) is 0 Å². The van der Waals surface area contributed by atoms with Crippen molar-refractivity contribution < 1.29 is 9.72 Å². The van der Waals surface area contributed by atoms with E-state index in [-0.39, 0.29) is 11.5 Å². The lowest BCUT2D eigenvalue weighted by Gasteiger charge is -1.91. The third-order valence-electron chi connectivity index (χ3n) is 1.46. The Bertz CT molecular complexity index is 208. The number of Topliss-reactive ketones (excluding diaryl/α,β-unsaturated/α-hetero) is 1. The fourth-order valence-electron chi connectivity index (χ4n) is 0.736. The van der Waals surface area contributed by atoms with Crippen LogP contribution in [0.5, 0.6) is 0 Å². The van der Waals surface area contributed by atoms with Gasteiger partial charge in [-0.2, -0.15) is 0 Å². The topological polar surface area (TPSA) is 60.2 Å². The summed E-state index contributed by atoms with van der Waals surface area (Å²) >= 11 is 0. The first kappa shape index (κ1) is 10.8. The zero-order chi connectivity index (χ0) is 9.56. The van der Waals surface area contributed by atoms with Crippen molar-refractivity contribution in [2.45, 2.75) is 33.1 Å². The predicted octanol–water partition coefficient (Wildman–Crippen LogP) is 1.93. The van der Waals surface area contributed by atoms with E-state index in [0.717, 1.165) is 0 Å². The fourth-order valence-corrected chi connectivity index (χ4v) is 0.736. The first-order valence-electron chi connectivity index (χ1n) is 3.84. The summed E-state index contributed by atoms with van der Waals surface area (Å²) in [5, 5.41) is 10.1. The quantitative estimate of drug-likeness (QED) is 0.360. The summed E-state index contributed by atoms with van der Waals surface area (Å²) in [6, 6.07) is 0. The molecule has 0 unspecified atom stereocenters. The van der Waals surface area contributed by atoms with Crippen molar-refractivity contribution in [3.8, 4) is 0 Å². The van der Waals surface area contributed by atoms with Gasteiger partial charge in [0, 0.05) is 13.3 Å². The standard InChI is InChI=1S/C8H13NO3/c1-7(9(11)12)5-3-4-6-8(2)10/h5H,3-4,6H2,1-2H3. The molecule has 68 valence electrons. The molecule has 0 aromatic heterocycles. The van der Waals surface area contributed by atoms with E-state index in [0.29, 0.717) is 19.3 Å². The Morgan fingerprint density at radius 3 is 2.50 bits per heavy atom. The molecule has 0 saturated carbocycles. The molecule has 0 amide bonds. The van der Waals surface area contributed by atoms with Crippen LogP contribution in [0.15, 0.2) is 11.8 Å². The second kappa shape index (κ2) is 5.46. The number of nitrogens with zero attached hydrogens (tertiary/aromatic N) is 1. The summed E-state index contributed by atoms with van der Waals surface area (Å²) < 4.78 is 0. The zero-order valence-electron chi connectivity index (χ0n) is 7.37. The van der Waals surface area contributed by atoms with Crippen molar-refractivity contribution in [1.29, 1.82) is 0 Å². The molecule has 0 aromatic carbocycles. The highest BCUT2D eigenvalue weighted by Crippen LogP contribution is 2.01. The molecule has 0 bridgehead atoms. The Hall–Kier alpha value is -1.19. The minimum atomic E-state index is -0.423. The summed E-state index contributed by atoms with van der Waals surface area (Å²) in [5.74, 6) is 0.127. The van der Waals surface area contributed by atoms with Crippen molar-refractivity contribution >= 4 is 5.78 Å². The first-order valence-corrected chi connectivity index (χ1v) is 3.84. The maximum atomic E-state index is 10.5. The van der Waals surface area contributed by atoms with Gasteiger partial charge in [0.15, 0.2) is 0 Å². The van der Waals surface area contributed by atoms with Crippen molar-refractivity contribution in [2.24, 2.45) is 0 Å². The van der Waals surface area contributed by atoms with Crippen LogP contribution in [0.2, 0.25) is 0 Å². The molecule has 4 heteroatoms. The number of carbonyl (C=O) groups is 1. The fraction of sp³-hybridized carbons (Fsp3) is 0.625. The second-order valence-electron chi connectivity index (χ2n) is 2.70. The second-order valence-corrected chi connectivity index (χ2v) is 2.70. The Morgan fingerprint density at radius 2 is 2.08 bits per heavy atom. The molecule has 4 nitrogen and oxygen atoms in total. The molecule has 0 atom stereocenters. The van der Waals surface area contributed by atoms with Gasteiger partial charge < -0.3 is 4.79 Å². The lowest BCUT2D eigenvalue weighted by molar-refractivity contribution is -0.424. The van der Waals surface area contributed by atoms with Gasteiger partial charge in [-0.25, -0.2) is 0 Å². The maximum Gasteiger partial charge on any atom is 0.239 e. The first-order chi connectivity index (χ1) is 5.54. The highest BCUT2D eigenvalue weighted by atomic mass is 16.6. The third-order valence-corrected chi connectivity index (χ3v) is 1.46. The van der Waals surface area contributed by atoms with Crippen LogP contribution in [-0.2, 0) is 4.79 Å². The van der Waals surface area contributed by atoms with E-state index in [4.69, 9.17) is 0 Å². The predicted molar refractivity (Wildman–Crippen MR) is 45.3 cm³/mol. The van der Waals surface area contributed by atoms with Gasteiger partial charge in [-0.05, 0) is 25.8 Å². The molecule has 0 spiro atoms. The molecule has 0 aliphatic heterocycles. The average Bonchev–Trinajstić information content (AvgIpc) is 1.97. The highest BCUT2D eigenvalue weighted by Gasteiger charge is 2.00. The molecule has 0 aliphatic rings. The molecule has 0 aromatic rings. The van der Waals surface area contributed by atoms with Gasteiger partial charge >= 0.3 is 0 Å². The number of allylic oxidation sites excluding steroid dienone is 2. The van der Waals surface area contributed by atoms with Crippen LogP contribution < -0.4 is 0 Å². The number of carbonyl (C=O) groups excluding carboxylic acids is 1. The van der Waals surface area contributed by atoms with Gasteiger partial charge in [0.2, 0.25) is 5.70 Å². The summed E-state index contributed by atoms with van der Waals surface area (Å²) in [4.78, 5) is 20.1. The molecule has 0 fully saturated rings. The molecular formula is C8H13NO3. The Morgan fingerprint density at radius 1 is 1.50 bits per heavy atom. The van der Waals surface area contributed by atoms with E-state index >= 15 is 0 Å². The van der Waals surface area contributed by atoms with Crippen molar-refractivity contribution in [3.05, 3.63) is 21.9 Å². The highest BCUT2D eigenvalue weighted by molar-refractivity contribution is 5.75. The van der Waals surface area contributed by atoms with Crippen LogP contribution in [0, 0.1) is 10.1 Å². The molecule has 0 N–H and O–H groups in total. The molecule has 0 radical (unpaired) electrons. The molecule has 0 rings (SSSR count). The Kier molecular flexibility index (Phi) is 4.92. The van der Waals surface area contributed by atoms with Gasteiger partial charge in [-0.1, -0.05) is 0 Å². The number of unbranched alkanes of at least 4 members (excludes halogenated alkanes) is 1. The molecular weight excluding hydrogens is 158 g/mol. The molecule has 0 heterocycles. The summed E-state index contributed by atoms with van der Waals surface area (Å²) in [7, 11) is 0. The molecule has 0 aliphatic carbocycles. The number of rotatable bonds is 5. The van der Waals surface area contributed by atoms with Crippen LogP contribution in [0.4, 0.5) is 0 Å². The van der Waals surface area contributed by atoms with Gasteiger partial charge in [0.05, 0.1) is 4.92 Å². The summed E-state index contributed by atoms with van der Waals surface area (Å²) in [6.07, 6.45) is 3.34. The average molecular weight is 171 g/mol. The van der Waals surface area contributed by atoms with Crippen LogP contribution in [0.25, 0.3) is 0 Å². The number of ketones is 1. The van der Waals surface area contributed by atoms with Gasteiger partial charge in [0.1, 0.15) is 5.78 Å². The lowest BCUT2D eigenvalue weighted by atomic mass is 10.2. The zero-order valence-corrected chi connectivity index (χ0v) is 7.37. The molecule has 12 heavy (non-hydrogen) atoms. The van der Waals surface area contributed by atoms with E-state index in [1.54, 1.807) is 6.08 Å². The maximum absolute atomic E-state index is 10.5. The van der Waals surface area contributed by atoms with Crippen LogP contribution in [-0.4, -0.2) is 10.7 Å². The van der Waals surface area contributed by atoms with Crippen LogP contribution in [0.1, 0.15) is 33.1 Å². The number of nitro groups is 1. The van der Waals surface area contributed by atoms with Gasteiger partial charge in [-0.15, -0.1) is 0 Å². The SMILES string of the molecule is CC(=O)CCCC=C(C)[N+](=O)[O-].